The Hall–Kier alpha value is -4.08. The summed E-state index contributed by atoms with van der Waals surface area (Å²) in [5, 5.41) is 8.26. The number of anilines is 1. The average Bonchev–Trinajstić information content (AvgIpc) is 3.10. The van der Waals surface area contributed by atoms with Crippen LogP contribution in [0.3, 0.4) is 0 Å². The molecule has 0 bridgehead atoms. The van der Waals surface area contributed by atoms with E-state index in [1.807, 2.05) is 54.6 Å². The van der Waals surface area contributed by atoms with Crippen molar-refractivity contribution in [3.05, 3.63) is 94.5 Å². The topological polar surface area (TPSA) is 109 Å². The summed E-state index contributed by atoms with van der Waals surface area (Å²) in [6, 6.07) is 21.3. The van der Waals surface area contributed by atoms with Gasteiger partial charge in [-0.3, -0.25) is 9.59 Å². The van der Waals surface area contributed by atoms with Gasteiger partial charge in [0.1, 0.15) is 12.4 Å². The second-order valence-electron chi connectivity index (χ2n) is 8.55. The summed E-state index contributed by atoms with van der Waals surface area (Å²) < 4.78 is 11.3. The van der Waals surface area contributed by atoms with E-state index in [2.05, 4.69) is 16.0 Å². The molecule has 1 heterocycles. The van der Waals surface area contributed by atoms with Crippen molar-refractivity contribution >= 4 is 35.0 Å². The molecule has 10 heteroatoms. The maximum absolute atomic E-state index is 13.6. The van der Waals surface area contributed by atoms with E-state index in [4.69, 9.17) is 21.1 Å². The fraction of sp³-hybridized carbons (Fsp3) is 0.250. The summed E-state index contributed by atoms with van der Waals surface area (Å²) in [5.74, 6) is -0.402. The summed E-state index contributed by atoms with van der Waals surface area (Å²) in [7, 11) is 1.43. The fourth-order valence-electron chi connectivity index (χ4n) is 4.01. The summed E-state index contributed by atoms with van der Waals surface area (Å²) in [6.07, 6.45) is -1.27. The predicted molar refractivity (Wildman–Crippen MR) is 144 cm³/mol. The highest BCUT2D eigenvalue weighted by atomic mass is 35.5. The van der Waals surface area contributed by atoms with Crippen LogP contribution in [-0.4, -0.2) is 55.6 Å². The molecule has 3 aromatic carbocycles. The number of Topliss-reactive ketones (excluding diaryl/α,β-unsaturated/α-hetero) is 1. The zero-order valence-electron chi connectivity index (χ0n) is 20.9. The summed E-state index contributed by atoms with van der Waals surface area (Å²) >= 11 is 6.47. The van der Waals surface area contributed by atoms with Crippen molar-refractivity contribution in [3.63, 3.8) is 0 Å². The van der Waals surface area contributed by atoms with Crippen LogP contribution in [-0.2, 0) is 22.7 Å². The molecule has 1 unspecified atom stereocenters. The van der Waals surface area contributed by atoms with Crippen LogP contribution < -0.4 is 20.7 Å². The fourth-order valence-corrected chi connectivity index (χ4v) is 4.27. The van der Waals surface area contributed by atoms with Gasteiger partial charge >= 0.3 is 6.03 Å². The molecule has 38 heavy (non-hydrogen) atoms. The molecule has 1 atom stereocenters. The van der Waals surface area contributed by atoms with E-state index < -0.39 is 18.0 Å². The maximum Gasteiger partial charge on any atom is 0.316 e. The number of fused-ring (bicyclic) bond motifs is 1. The van der Waals surface area contributed by atoms with E-state index >= 15 is 0 Å². The number of amides is 3. The normalized spacial score (nSPS) is 13.5. The molecule has 3 N–H and O–H groups in total. The Morgan fingerprint density at radius 2 is 1.82 bits per heavy atom. The molecule has 0 spiro atoms. The zero-order chi connectivity index (χ0) is 26.9. The number of nitrogens with one attached hydrogen (secondary N) is 3. The second-order valence-corrected chi connectivity index (χ2v) is 8.96. The molecule has 1 aliphatic rings. The third kappa shape index (κ3) is 6.81. The number of hydrogen-bond acceptors (Lipinski definition) is 6. The first-order chi connectivity index (χ1) is 18.5. The number of hydrogen-bond donors (Lipinski definition) is 3. The van der Waals surface area contributed by atoms with Crippen LogP contribution in [0, 0.1) is 0 Å². The van der Waals surface area contributed by atoms with Crippen molar-refractivity contribution in [1.29, 1.82) is 0 Å². The Kier molecular flexibility index (Phi) is 9.18. The van der Waals surface area contributed by atoms with Gasteiger partial charge in [-0.1, -0.05) is 60.1 Å². The van der Waals surface area contributed by atoms with Crippen molar-refractivity contribution in [1.82, 2.24) is 15.5 Å². The van der Waals surface area contributed by atoms with E-state index in [0.717, 1.165) is 16.8 Å². The Balaban J connectivity index is 1.44. The largest absolute Gasteiger partial charge is 0.491 e. The summed E-state index contributed by atoms with van der Waals surface area (Å²) in [4.78, 5) is 40.2. The maximum atomic E-state index is 13.6. The van der Waals surface area contributed by atoms with Crippen molar-refractivity contribution in [3.8, 4) is 5.75 Å². The molecule has 3 aromatic rings. The van der Waals surface area contributed by atoms with Gasteiger partial charge in [0.15, 0.2) is 6.17 Å². The van der Waals surface area contributed by atoms with Crippen LogP contribution in [0.2, 0.25) is 5.02 Å². The number of benzene rings is 3. The molecule has 198 valence electrons. The molecule has 4 rings (SSSR count). The van der Waals surface area contributed by atoms with E-state index in [1.165, 1.54) is 24.1 Å². The lowest BCUT2D eigenvalue weighted by Gasteiger charge is -2.30. The second kappa shape index (κ2) is 12.9. The SMILES string of the molecule is CNC(=O)NC(C(=O)c1ccc(OCCOCc2ccccc2)cc1Cl)N1Cc2ccccc2NCC1=O. The van der Waals surface area contributed by atoms with Gasteiger partial charge in [-0.25, -0.2) is 4.79 Å². The minimum absolute atomic E-state index is 0.0247. The highest BCUT2D eigenvalue weighted by Gasteiger charge is 2.34. The average molecular weight is 537 g/mol. The summed E-state index contributed by atoms with van der Waals surface area (Å²) in [5.41, 5.74) is 2.83. The van der Waals surface area contributed by atoms with Gasteiger partial charge in [-0.15, -0.1) is 0 Å². The highest BCUT2D eigenvalue weighted by Crippen LogP contribution is 2.27. The third-order valence-electron chi connectivity index (χ3n) is 5.98. The van der Waals surface area contributed by atoms with E-state index in [9.17, 15) is 14.4 Å². The first kappa shape index (κ1) is 27.0. The lowest BCUT2D eigenvalue weighted by Crippen LogP contribution is -2.57. The van der Waals surface area contributed by atoms with E-state index in [0.29, 0.717) is 25.6 Å². The van der Waals surface area contributed by atoms with Crippen molar-refractivity contribution in [2.75, 3.05) is 32.1 Å². The lowest BCUT2D eigenvalue weighted by atomic mass is 10.1. The van der Waals surface area contributed by atoms with Gasteiger partial charge in [-0.2, -0.15) is 0 Å². The van der Waals surface area contributed by atoms with Gasteiger partial charge < -0.3 is 30.3 Å². The number of carbonyl (C=O) groups excluding carboxylic acids is 3. The molecule has 3 amide bonds. The first-order valence-electron chi connectivity index (χ1n) is 12.1. The highest BCUT2D eigenvalue weighted by molar-refractivity contribution is 6.34. The number of para-hydroxylation sites is 1. The van der Waals surface area contributed by atoms with Crippen LogP contribution in [0.15, 0.2) is 72.8 Å². The number of carbonyl (C=O) groups is 3. The van der Waals surface area contributed by atoms with Crippen molar-refractivity contribution < 1.29 is 23.9 Å². The van der Waals surface area contributed by atoms with E-state index in [1.54, 1.807) is 6.07 Å². The Labute approximate surface area is 226 Å². The molecule has 0 aromatic heterocycles. The number of rotatable bonds is 10. The quantitative estimate of drug-likeness (QED) is 0.268. The van der Waals surface area contributed by atoms with Gasteiger partial charge in [0.25, 0.3) is 0 Å². The summed E-state index contributed by atoms with van der Waals surface area (Å²) in [6.45, 7) is 1.25. The first-order valence-corrected chi connectivity index (χ1v) is 12.5. The van der Waals surface area contributed by atoms with Crippen LogP contribution in [0.25, 0.3) is 0 Å². The Morgan fingerprint density at radius 3 is 2.58 bits per heavy atom. The third-order valence-corrected chi connectivity index (χ3v) is 6.29. The monoisotopic (exact) mass is 536 g/mol. The molecule has 0 saturated heterocycles. The number of urea groups is 1. The van der Waals surface area contributed by atoms with Crippen LogP contribution in [0.1, 0.15) is 21.5 Å². The number of nitrogens with zero attached hydrogens (tertiary/aromatic N) is 1. The number of ketones is 1. The lowest BCUT2D eigenvalue weighted by molar-refractivity contribution is -0.131. The standard InChI is InChI=1S/C28H29ClN4O5/c1-30-28(36)32-27(33-17-20-9-5-6-10-24(20)31-16-25(33)34)26(35)22-12-11-21(15-23(22)29)38-14-13-37-18-19-7-3-2-4-8-19/h2-12,15,27,31H,13-14,16-18H2,1H3,(H2,30,32,36). The van der Waals surface area contributed by atoms with Crippen LogP contribution >= 0.6 is 11.6 Å². The smallest absolute Gasteiger partial charge is 0.316 e. The molecule has 0 aliphatic carbocycles. The molecular formula is C28H29ClN4O5. The molecule has 1 aliphatic heterocycles. The van der Waals surface area contributed by atoms with Gasteiger partial charge in [-0.05, 0) is 35.4 Å². The molecule has 0 saturated carbocycles. The zero-order valence-corrected chi connectivity index (χ0v) is 21.7. The van der Waals surface area contributed by atoms with Gasteiger partial charge in [0, 0.05) is 18.3 Å². The van der Waals surface area contributed by atoms with Crippen molar-refractivity contribution in [2.24, 2.45) is 0 Å². The Bertz CT molecular complexity index is 1290. The predicted octanol–water partition coefficient (Wildman–Crippen LogP) is 3.83. The van der Waals surface area contributed by atoms with Crippen LogP contribution in [0.4, 0.5) is 10.5 Å². The van der Waals surface area contributed by atoms with Crippen molar-refractivity contribution in [2.45, 2.75) is 19.3 Å². The van der Waals surface area contributed by atoms with Crippen LogP contribution in [0.5, 0.6) is 5.75 Å². The number of ether oxygens (including phenoxy) is 2. The minimum atomic E-state index is -1.27. The minimum Gasteiger partial charge on any atom is -0.491 e. The number of halogens is 1. The van der Waals surface area contributed by atoms with Gasteiger partial charge in [0.05, 0.1) is 31.3 Å². The van der Waals surface area contributed by atoms with E-state index in [-0.39, 0.29) is 29.6 Å². The van der Waals surface area contributed by atoms with Gasteiger partial charge in [0.2, 0.25) is 11.7 Å². The molecular weight excluding hydrogens is 508 g/mol. The molecule has 0 radical (unpaired) electrons. The molecule has 9 nitrogen and oxygen atoms in total. The Morgan fingerprint density at radius 1 is 1.05 bits per heavy atom. The molecule has 0 fully saturated rings.